The molecule has 312 valence electrons. The van der Waals surface area contributed by atoms with Crippen LogP contribution in [0, 0.1) is 40.1 Å². The van der Waals surface area contributed by atoms with E-state index in [-0.39, 0.29) is 66.4 Å². The van der Waals surface area contributed by atoms with Crippen LogP contribution in [0.3, 0.4) is 0 Å². The van der Waals surface area contributed by atoms with E-state index in [0.717, 1.165) is 12.1 Å². The number of carbonyl (C=O) groups is 1. The van der Waals surface area contributed by atoms with E-state index in [1.807, 2.05) is 12.1 Å². The molecule has 18 heteroatoms. The molecule has 0 saturated carbocycles. The lowest BCUT2D eigenvalue weighted by molar-refractivity contribution is -0.146. The number of ether oxygens (including phenoxy) is 3. The Hall–Kier alpha value is -5.62. The fraction of sp³-hybridized carbons (Fsp3) is 0.262. The number of nitrogens with zero attached hydrogens (tertiary/aromatic N) is 5. The second-order valence-corrected chi connectivity index (χ2v) is 16.2. The molecule has 13 nitrogen and oxygen atoms in total. The molecule has 1 saturated heterocycles. The van der Waals surface area contributed by atoms with Gasteiger partial charge in [-0.05, 0) is 55.0 Å². The predicted octanol–water partition coefficient (Wildman–Crippen LogP) is 8.35. The highest BCUT2D eigenvalue weighted by atomic mass is 32.2. The number of halogens is 3. The Morgan fingerprint density at radius 2 is 1.70 bits per heavy atom. The van der Waals surface area contributed by atoms with Gasteiger partial charge < -0.3 is 14.2 Å². The summed E-state index contributed by atoms with van der Waals surface area (Å²) in [6.07, 6.45) is 10.9. The summed E-state index contributed by atoms with van der Waals surface area (Å²) < 4.78 is 93.8. The van der Waals surface area contributed by atoms with Crippen molar-refractivity contribution in [1.82, 2.24) is 14.8 Å². The van der Waals surface area contributed by atoms with Gasteiger partial charge >= 0.3 is 13.8 Å². The molecule has 2 atom stereocenters. The maximum atomic E-state index is 16.1. The molecular formula is C42H39F3N5O8PS. The fourth-order valence-corrected chi connectivity index (χ4v) is 8.31. The van der Waals surface area contributed by atoms with E-state index in [1.165, 1.54) is 83.7 Å². The van der Waals surface area contributed by atoms with Gasteiger partial charge in [-0.1, -0.05) is 42.5 Å². The van der Waals surface area contributed by atoms with Crippen LogP contribution in [-0.2, 0) is 51.1 Å². The average Bonchev–Trinajstić information content (AvgIpc) is 3.76. The van der Waals surface area contributed by atoms with Gasteiger partial charge in [0.2, 0.25) is 0 Å². The second-order valence-electron chi connectivity index (χ2n) is 12.9. The Morgan fingerprint density at radius 1 is 1.00 bits per heavy atom. The van der Waals surface area contributed by atoms with Gasteiger partial charge in [0, 0.05) is 22.4 Å². The van der Waals surface area contributed by atoms with Gasteiger partial charge in [0.25, 0.3) is 0 Å². The largest absolute Gasteiger partial charge is 0.475 e. The molecular weight excluding hydrogens is 823 g/mol. The zero-order chi connectivity index (χ0) is 43.1. The summed E-state index contributed by atoms with van der Waals surface area (Å²) in [7, 11) is -4.21. The first-order valence-electron chi connectivity index (χ1n) is 18.2. The van der Waals surface area contributed by atoms with Crippen LogP contribution in [0.2, 0.25) is 0 Å². The van der Waals surface area contributed by atoms with Crippen molar-refractivity contribution in [2.45, 2.75) is 42.5 Å². The fourth-order valence-electron chi connectivity index (χ4n) is 5.86. The van der Waals surface area contributed by atoms with Crippen molar-refractivity contribution < 1.29 is 50.3 Å². The predicted molar refractivity (Wildman–Crippen MR) is 215 cm³/mol. The molecule has 1 aliphatic heterocycles. The Balaban J connectivity index is 1.42. The lowest BCUT2D eigenvalue weighted by Crippen LogP contribution is -2.47. The second kappa shape index (κ2) is 21.6. The molecule has 5 rings (SSSR count). The number of hydrogen-bond donors (Lipinski definition) is 0. The van der Waals surface area contributed by atoms with Crippen LogP contribution >= 0.6 is 19.6 Å². The van der Waals surface area contributed by atoms with E-state index in [4.69, 9.17) is 33.0 Å². The van der Waals surface area contributed by atoms with E-state index in [1.54, 1.807) is 25.2 Å². The topological polar surface area (TPSA) is 168 Å². The van der Waals surface area contributed by atoms with E-state index < -0.39 is 60.2 Å². The third-order valence-electron chi connectivity index (χ3n) is 8.79. The van der Waals surface area contributed by atoms with Crippen molar-refractivity contribution in [3.8, 4) is 12.1 Å². The van der Waals surface area contributed by atoms with Crippen LogP contribution in [0.4, 0.5) is 13.2 Å². The molecule has 60 heavy (non-hydrogen) atoms. The lowest BCUT2D eigenvalue weighted by atomic mass is 9.89. The first kappa shape index (κ1) is 45.5. The highest BCUT2D eigenvalue weighted by molar-refractivity contribution is 8.00. The number of phosphoric ester groups is 1. The molecule has 4 aromatic rings. The smallest absolute Gasteiger partial charge is 0.447 e. The third kappa shape index (κ3) is 12.0. The van der Waals surface area contributed by atoms with E-state index >= 15 is 4.39 Å². The number of phosphoric acid groups is 1. The van der Waals surface area contributed by atoms with Gasteiger partial charge in [-0.15, -0.1) is 24.9 Å². The van der Waals surface area contributed by atoms with Crippen LogP contribution in [0.25, 0.3) is 6.08 Å². The Bertz CT molecular complexity index is 2330. The molecule has 1 fully saturated rings. The minimum atomic E-state index is -4.21. The number of aromatic nitrogens is 3. The summed E-state index contributed by atoms with van der Waals surface area (Å²) in [6, 6.07) is 14.9. The summed E-state index contributed by atoms with van der Waals surface area (Å²) in [6.45, 7) is 7.86. The summed E-state index contributed by atoms with van der Waals surface area (Å²) in [5.41, 5.74) is -1.64. The maximum absolute atomic E-state index is 16.1. The van der Waals surface area contributed by atoms with Crippen molar-refractivity contribution in [2.75, 3.05) is 26.4 Å². The number of esters is 1. The van der Waals surface area contributed by atoms with Crippen LogP contribution < -0.4 is 0 Å². The quantitative estimate of drug-likeness (QED) is 0.0360. The zero-order valence-corrected chi connectivity index (χ0v) is 33.9. The number of carbonyl (C=O) groups excluding carboxylic acids is 1. The van der Waals surface area contributed by atoms with Crippen LogP contribution in [0.1, 0.15) is 45.1 Å². The highest BCUT2D eigenvalue weighted by Gasteiger charge is 2.47. The van der Waals surface area contributed by atoms with Crippen molar-refractivity contribution in [2.24, 2.45) is 0 Å². The molecule has 0 radical (unpaired) electrons. The van der Waals surface area contributed by atoms with Gasteiger partial charge in [0.1, 0.15) is 30.1 Å². The molecule has 3 aromatic carbocycles. The Kier molecular flexibility index (Phi) is 16.4. The zero-order valence-electron chi connectivity index (χ0n) is 32.2. The van der Waals surface area contributed by atoms with E-state index in [9.17, 15) is 23.4 Å². The van der Waals surface area contributed by atoms with Gasteiger partial charge in [-0.2, -0.15) is 15.6 Å². The van der Waals surface area contributed by atoms with Gasteiger partial charge in [0.15, 0.2) is 11.9 Å². The average molecular weight is 862 g/mol. The van der Waals surface area contributed by atoms with Crippen molar-refractivity contribution in [3.05, 3.63) is 162 Å². The molecule has 1 aliphatic rings. The van der Waals surface area contributed by atoms with Crippen molar-refractivity contribution in [3.63, 3.8) is 0 Å². The molecule has 0 spiro atoms. The van der Waals surface area contributed by atoms with E-state index in [0.29, 0.717) is 6.07 Å². The summed E-state index contributed by atoms with van der Waals surface area (Å²) in [5, 5.41) is 21.7. The monoisotopic (exact) mass is 861 g/mol. The van der Waals surface area contributed by atoms with Crippen LogP contribution in [0.5, 0.6) is 0 Å². The number of thioether (sulfide) groups is 1. The number of nitriles is 2. The Labute approximate surface area is 348 Å². The van der Waals surface area contributed by atoms with Gasteiger partial charge in [-0.25, -0.2) is 32.2 Å². The first-order valence-corrected chi connectivity index (χ1v) is 20.6. The normalized spacial score (nSPS) is 17.1. The molecule has 0 aliphatic carbocycles. The minimum absolute atomic E-state index is 0.0639. The lowest BCUT2D eigenvalue weighted by Gasteiger charge is -2.40. The molecule has 0 unspecified atom stereocenters. The van der Waals surface area contributed by atoms with Crippen LogP contribution in [-0.4, -0.2) is 64.0 Å². The third-order valence-corrected chi connectivity index (χ3v) is 11.6. The molecule has 2 heterocycles. The number of allylic oxidation sites excluding steroid dienone is 2. The summed E-state index contributed by atoms with van der Waals surface area (Å²) in [4.78, 5) is 18.5. The van der Waals surface area contributed by atoms with Gasteiger partial charge in [-0.3, -0.25) is 13.6 Å². The molecule has 1 aromatic heterocycles. The standard InChI is InChI=1S/C42H39F3N5O8PS/c1-4-16-55-59(52,56-17-5-2)57-23-33-13-11-30(21-46)18-36(33)41(51)58-42(26-50-28-48-27-49-50,37-15-14-34(43)20-39(37)45)29(3)60-35-24-53-40(54-25-35)9-7-6-8-32-12-10-31(22-47)19-38(32)44/h4-15,18-20,27-29,35,40H,1-2,16-17,23-26H2,3H3/t29-,35-,40-,42-/m1/s1. The maximum Gasteiger partial charge on any atom is 0.475 e. The first-order chi connectivity index (χ1) is 28.9. The van der Waals surface area contributed by atoms with Gasteiger partial charge in [0.05, 0.1) is 73.7 Å². The van der Waals surface area contributed by atoms with Crippen molar-refractivity contribution in [1.29, 1.82) is 10.5 Å². The Morgan fingerprint density at radius 3 is 2.33 bits per heavy atom. The SMILES string of the molecule is C=CCOP(=O)(OCC=C)OCc1ccc(C#N)cc1C(=O)O[C@@](Cn1cncn1)(c1ccc(F)cc1F)[C@@H](C)S[C@H]1CO[C@H](C=CC=Cc2ccc(C#N)cc2F)OC1. The summed E-state index contributed by atoms with van der Waals surface area (Å²) in [5.74, 6) is -3.46. The molecule has 0 amide bonds. The number of rotatable bonds is 20. The number of hydrogen-bond acceptors (Lipinski definition) is 13. The molecule has 0 bridgehead atoms. The highest BCUT2D eigenvalue weighted by Crippen LogP contribution is 2.50. The van der Waals surface area contributed by atoms with Crippen LogP contribution in [0.15, 0.2) is 111 Å². The summed E-state index contributed by atoms with van der Waals surface area (Å²) >= 11 is 1.25. The van der Waals surface area contributed by atoms with Crippen molar-refractivity contribution >= 4 is 31.6 Å². The van der Waals surface area contributed by atoms with E-state index in [2.05, 4.69) is 23.2 Å². The number of benzene rings is 3. The molecule has 0 N–H and O–H groups in total. The minimum Gasteiger partial charge on any atom is -0.447 e.